The normalized spacial score (nSPS) is 11.1. The average Bonchev–Trinajstić information content (AvgIpc) is 2.38. The van der Waals surface area contributed by atoms with Crippen LogP contribution in [0.1, 0.15) is 13.8 Å². The molecule has 0 aromatic heterocycles. The molecule has 110 valence electrons. The van der Waals surface area contributed by atoms with Gasteiger partial charge in [-0.1, -0.05) is 6.07 Å². The van der Waals surface area contributed by atoms with E-state index in [0.717, 1.165) is 8.95 Å². The van der Waals surface area contributed by atoms with E-state index in [2.05, 4.69) is 31.9 Å². The highest BCUT2D eigenvalue weighted by atomic mass is 79.9. The van der Waals surface area contributed by atoms with Crippen LogP contribution in [0.3, 0.4) is 0 Å². The van der Waals surface area contributed by atoms with Gasteiger partial charge in [-0.2, -0.15) is 0 Å². The summed E-state index contributed by atoms with van der Waals surface area (Å²) in [6.07, 6.45) is 1.30. The Morgan fingerprint density at radius 2 is 1.75 bits per heavy atom. The van der Waals surface area contributed by atoms with Gasteiger partial charge in [0, 0.05) is 0 Å². The molecule has 0 aliphatic carbocycles. The second-order valence-electron chi connectivity index (χ2n) is 3.64. The van der Waals surface area contributed by atoms with Crippen LogP contribution in [0.25, 0.3) is 0 Å². The van der Waals surface area contributed by atoms with E-state index in [-0.39, 0.29) is 6.61 Å². The number of esters is 1. The Hall–Kier alpha value is -1.01. The number of hydrogen-bond acceptors (Lipinski definition) is 4. The number of ether oxygens (including phenoxy) is 3. The maximum Gasteiger partial charge on any atom is 0.334 e. The summed E-state index contributed by atoms with van der Waals surface area (Å²) in [5, 5.41) is 0. The molecule has 0 fully saturated rings. The third-order valence-corrected chi connectivity index (χ3v) is 3.42. The molecule has 0 aliphatic heterocycles. The molecule has 6 heteroatoms. The van der Waals surface area contributed by atoms with Crippen LogP contribution in [0.4, 0.5) is 0 Å². The first-order valence-corrected chi connectivity index (χ1v) is 7.74. The molecule has 0 N–H and O–H groups in total. The van der Waals surface area contributed by atoms with Gasteiger partial charge in [-0.25, -0.2) is 4.79 Å². The summed E-state index contributed by atoms with van der Waals surface area (Å²) in [5.74, 6) is 0.640. The zero-order chi connectivity index (χ0) is 15.0. The molecule has 0 saturated heterocycles. The lowest BCUT2D eigenvalue weighted by Crippen LogP contribution is -2.09. The van der Waals surface area contributed by atoms with Crippen LogP contribution >= 0.6 is 31.9 Å². The molecule has 1 rings (SSSR count). The first-order chi connectivity index (χ1) is 9.58. The number of benzene rings is 1. The molecule has 0 bridgehead atoms. The van der Waals surface area contributed by atoms with Gasteiger partial charge in [0.1, 0.15) is 18.1 Å². The summed E-state index contributed by atoms with van der Waals surface area (Å²) >= 11 is 6.81. The van der Waals surface area contributed by atoms with Crippen molar-refractivity contribution >= 4 is 37.8 Å². The van der Waals surface area contributed by atoms with Crippen molar-refractivity contribution in [3.05, 3.63) is 39.0 Å². The minimum Gasteiger partial charge on any atom is -0.494 e. The number of rotatable bonds is 7. The first-order valence-electron chi connectivity index (χ1n) is 6.15. The molecule has 0 unspecified atom stereocenters. The van der Waals surface area contributed by atoms with Gasteiger partial charge in [-0.05, 0) is 57.8 Å². The van der Waals surface area contributed by atoms with Crippen LogP contribution in [0.5, 0.6) is 5.75 Å². The lowest BCUT2D eigenvalue weighted by Gasteiger charge is -2.13. The minimum atomic E-state index is -0.439. The molecule has 0 radical (unpaired) electrons. The monoisotopic (exact) mass is 406 g/mol. The van der Waals surface area contributed by atoms with Crippen molar-refractivity contribution in [1.82, 2.24) is 0 Å². The van der Waals surface area contributed by atoms with E-state index in [9.17, 15) is 4.79 Å². The zero-order valence-electron chi connectivity index (χ0n) is 11.3. The molecule has 0 aliphatic rings. The van der Waals surface area contributed by atoms with E-state index in [1.807, 2.05) is 25.1 Å². The Morgan fingerprint density at radius 1 is 1.15 bits per heavy atom. The smallest absolute Gasteiger partial charge is 0.334 e. The molecular formula is C14H16Br2O4. The third kappa shape index (κ3) is 5.54. The van der Waals surface area contributed by atoms with Gasteiger partial charge >= 0.3 is 5.97 Å². The van der Waals surface area contributed by atoms with Crippen molar-refractivity contribution in [1.29, 1.82) is 0 Å². The van der Waals surface area contributed by atoms with Crippen LogP contribution in [0.2, 0.25) is 0 Å². The lowest BCUT2D eigenvalue weighted by atomic mass is 10.3. The van der Waals surface area contributed by atoms with Gasteiger partial charge in [0.25, 0.3) is 0 Å². The maximum absolute atomic E-state index is 11.4. The fourth-order valence-electron chi connectivity index (χ4n) is 1.39. The summed E-state index contributed by atoms with van der Waals surface area (Å²) in [6.45, 7) is 4.51. The SMILES string of the molecule is CCOC(=O)/C=C(/COc1c(Br)cccc1Br)OCC. The van der Waals surface area contributed by atoms with Gasteiger partial charge in [-0.15, -0.1) is 0 Å². The molecule has 0 atom stereocenters. The summed E-state index contributed by atoms with van der Waals surface area (Å²) in [7, 11) is 0. The highest BCUT2D eigenvalue weighted by Crippen LogP contribution is 2.33. The lowest BCUT2D eigenvalue weighted by molar-refractivity contribution is -0.137. The summed E-state index contributed by atoms with van der Waals surface area (Å²) in [5.41, 5.74) is 0. The maximum atomic E-state index is 11.4. The van der Waals surface area contributed by atoms with Crippen LogP contribution in [0, 0.1) is 0 Å². The van der Waals surface area contributed by atoms with Crippen molar-refractivity contribution in [2.24, 2.45) is 0 Å². The second-order valence-corrected chi connectivity index (χ2v) is 5.34. The quantitative estimate of drug-likeness (QED) is 0.388. The third-order valence-electron chi connectivity index (χ3n) is 2.17. The Kier molecular flexibility index (Phi) is 7.69. The number of carbonyl (C=O) groups excluding carboxylic acids is 1. The van der Waals surface area contributed by atoms with Crippen molar-refractivity contribution in [2.45, 2.75) is 13.8 Å². The fourth-order valence-corrected chi connectivity index (χ4v) is 2.62. The predicted molar refractivity (Wildman–Crippen MR) is 83.7 cm³/mol. The van der Waals surface area contributed by atoms with E-state index < -0.39 is 5.97 Å². The van der Waals surface area contributed by atoms with Crippen LogP contribution in [0.15, 0.2) is 39.0 Å². The molecule has 1 aromatic carbocycles. The van der Waals surface area contributed by atoms with E-state index in [0.29, 0.717) is 24.7 Å². The van der Waals surface area contributed by atoms with Crippen LogP contribution in [-0.4, -0.2) is 25.8 Å². The summed E-state index contributed by atoms with van der Waals surface area (Å²) in [4.78, 5) is 11.4. The van der Waals surface area contributed by atoms with Crippen molar-refractivity contribution in [3.63, 3.8) is 0 Å². The molecule has 20 heavy (non-hydrogen) atoms. The molecular weight excluding hydrogens is 392 g/mol. The largest absolute Gasteiger partial charge is 0.494 e. The van der Waals surface area contributed by atoms with Crippen molar-refractivity contribution < 1.29 is 19.0 Å². The second kappa shape index (κ2) is 9.02. The van der Waals surface area contributed by atoms with Gasteiger partial charge in [0.2, 0.25) is 0 Å². The summed E-state index contributed by atoms with van der Waals surface area (Å²) in [6, 6.07) is 5.63. The van der Waals surface area contributed by atoms with Crippen LogP contribution < -0.4 is 4.74 Å². The van der Waals surface area contributed by atoms with E-state index in [1.165, 1.54) is 6.08 Å². The molecule has 0 heterocycles. The fraction of sp³-hybridized carbons (Fsp3) is 0.357. The highest BCUT2D eigenvalue weighted by molar-refractivity contribution is 9.11. The van der Waals surface area contributed by atoms with E-state index in [1.54, 1.807) is 6.92 Å². The molecule has 0 spiro atoms. The molecule has 0 amide bonds. The predicted octanol–water partition coefficient (Wildman–Crippen LogP) is 4.07. The Labute approximate surface area is 135 Å². The number of carbonyl (C=O) groups is 1. The zero-order valence-corrected chi connectivity index (χ0v) is 14.5. The summed E-state index contributed by atoms with van der Waals surface area (Å²) < 4.78 is 17.5. The Bertz CT molecular complexity index is 466. The first kappa shape index (κ1) is 17.0. The van der Waals surface area contributed by atoms with E-state index >= 15 is 0 Å². The molecule has 1 aromatic rings. The van der Waals surface area contributed by atoms with Gasteiger partial charge in [-0.3, -0.25) is 0 Å². The molecule has 0 saturated carbocycles. The Balaban J connectivity index is 2.74. The van der Waals surface area contributed by atoms with Crippen molar-refractivity contribution in [3.8, 4) is 5.75 Å². The number of hydrogen-bond donors (Lipinski definition) is 0. The highest BCUT2D eigenvalue weighted by Gasteiger charge is 2.09. The standard InChI is InChI=1S/C14H16Br2O4/c1-3-18-10(8-13(17)19-4-2)9-20-14-11(15)6-5-7-12(14)16/h5-8H,3-4,9H2,1-2H3/b10-8-. The van der Waals surface area contributed by atoms with Gasteiger partial charge < -0.3 is 14.2 Å². The average molecular weight is 408 g/mol. The van der Waals surface area contributed by atoms with Crippen molar-refractivity contribution in [2.75, 3.05) is 19.8 Å². The molecule has 4 nitrogen and oxygen atoms in total. The minimum absolute atomic E-state index is 0.147. The Morgan fingerprint density at radius 3 is 2.30 bits per heavy atom. The number of halogens is 2. The van der Waals surface area contributed by atoms with Crippen LogP contribution in [-0.2, 0) is 14.3 Å². The number of para-hydroxylation sites is 1. The topological polar surface area (TPSA) is 44.8 Å². The van der Waals surface area contributed by atoms with Gasteiger partial charge in [0.05, 0.1) is 28.2 Å². The van der Waals surface area contributed by atoms with Gasteiger partial charge in [0.15, 0.2) is 0 Å². The van der Waals surface area contributed by atoms with E-state index in [4.69, 9.17) is 14.2 Å².